The summed E-state index contributed by atoms with van der Waals surface area (Å²) in [5, 5.41) is 9.06. The number of carbonyl (C=O) groups excluding carboxylic acids is 1. The highest BCUT2D eigenvalue weighted by Gasteiger charge is 2.09. The van der Waals surface area contributed by atoms with Gasteiger partial charge in [0.15, 0.2) is 0 Å². The zero-order valence-electron chi connectivity index (χ0n) is 15.0. The number of carboxylic acids is 1. The van der Waals surface area contributed by atoms with Crippen molar-refractivity contribution in [1.82, 2.24) is 9.97 Å². The van der Waals surface area contributed by atoms with Crippen molar-refractivity contribution in [2.24, 2.45) is 5.73 Å². The van der Waals surface area contributed by atoms with Crippen LogP contribution in [0.3, 0.4) is 0 Å². The quantitative estimate of drug-likeness (QED) is 0.470. The molecule has 8 heteroatoms. The number of nitrogens with one attached hydrogen (secondary N) is 1. The van der Waals surface area contributed by atoms with Crippen molar-refractivity contribution < 1.29 is 24.2 Å². The van der Waals surface area contributed by atoms with Crippen molar-refractivity contribution in [2.75, 3.05) is 0 Å². The molecule has 0 unspecified atom stereocenters. The van der Waals surface area contributed by atoms with Crippen LogP contribution in [0, 0.1) is 0 Å². The molecular formula is C21H15N3O5. The number of primary amides is 1. The Bertz CT molecular complexity index is 1210. The number of amides is 1. The van der Waals surface area contributed by atoms with Crippen LogP contribution in [-0.2, 0) is 0 Å². The Morgan fingerprint density at radius 1 is 0.931 bits per heavy atom. The molecule has 1 aromatic heterocycles. The van der Waals surface area contributed by atoms with Crippen LogP contribution in [-0.4, -0.2) is 27.1 Å². The van der Waals surface area contributed by atoms with Gasteiger partial charge in [0, 0.05) is 11.6 Å². The number of hydrogen-bond donors (Lipinski definition) is 3. The second-order valence-electron chi connectivity index (χ2n) is 6.14. The van der Waals surface area contributed by atoms with E-state index in [1.165, 1.54) is 12.1 Å². The maximum Gasteiger partial charge on any atom is 0.409 e. The number of aromatic amines is 1. The van der Waals surface area contributed by atoms with E-state index in [1.807, 2.05) is 12.1 Å². The lowest BCUT2D eigenvalue weighted by atomic mass is 10.2. The normalized spacial score (nSPS) is 10.6. The number of carbonyl (C=O) groups is 2. The van der Waals surface area contributed by atoms with Gasteiger partial charge in [-0.3, -0.25) is 0 Å². The standard InChI is InChI=1S/C21H15N3O5/c22-21(27)29-16-8-9-17-18(11-16)24-19(23-17)12-4-6-14(7-5-12)28-15-3-1-2-13(10-15)20(25)26/h1-11H,(H2,22,27)(H,23,24)(H,25,26). The fourth-order valence-corrected chi connectivity index (χ4v) is 2.81. The molecule has 144 valence electrons. The van der Waals surface area contributed by atoms with E-state index < -0.39 is 12.1 Å². The third kappa shape index (κ3) is 4.01. The molecule has 0 fully saturated rings. The monoisotopic (exact) mass is 389 g/mol. The van der Waals surface area contributed by atoms with E-state index in [-0.39, 0.29) is 5.56 Å². The Labute approximate surface area is 164 Å². The lowest BCUT2D eigenvalue weighted by Crippen LogP contribution is -2.16. The maximum absolute atomic E-state index is 11.1. The molecule has 0 aliphatic rings. The number of fused-ring (bicyclic) bond motifs is 1. The smallest absolute Gasteiger partial charge is 0.409 e. The molecule has 0 aliphatic heterocycles. The molecule has 4 rings (SSSR count). The number of ether oxygens (including phenoxy) is 2. The third-order valence-corrected chi connectivity index (χ3v) is 4.12. The summed E-state index contributed by atoms with van der Waals surface area (Å²) in [5.74, 6) is 0.930. The highest BCUT2D eigenvalue weighted by Crippen LogP contribution is 2.27. The van der Waals surface area contributed by atoms with Crippen LogP contribution in [0.15, 0.2) is 66.7 Å². The summed E-state index contributed by atoms with van der Waals surface area (Å²) in [6.45, 7) is 0. The predicted octanol–water partition coefficient (Wildman–Crippen LogP) is 4.18. The number of imidazole rings is 1. The molecule has 29 heavy (non-hydrogen) atoms. The second-order valence-corrected chi connectivity index (χ2v) is 6.14. The van der Waals surface area contributed by atoms with Gasteiger partial charge in [0.25, 0.3) is 0 Å². The van der Waals surface area contributed by atoms with Crippen molar-refractivity contribution in [2.45, 2.75) is 0 Å². The minimum absolute atomic E-state index is 0.154. The largest absolute Gasteiger partial charge is 0.478 e. The van der Waals surface area contributed by atoms with E-state index in [0.717, 1.165) is 11.1 Å². The van der Waals surface area contributed by atoms with Gasteiger partial charge in [0.05, 0.1) is 16.6 Å². The average Bonchev–Trinajstić information content (AvgIpc) is 3.11. The van der Waals surface area contributed by atoms with E-state index in [2.05, 4.69) is 9.97 Å². The van der Waals surface area contributed by atoms with Crippen LogP contribution in [0.25, 0.3) is 22.4 Å². The summed E-state index contributed by atoms with van der Waals surface area (Å²) in [6, 6.07) is 18.4. The van der Waals surface area contributed by atoms with Gasteiger partial charge in [0.1, 0.15) is 23.1 Å². The summed E-state index contributed by atoms with van der Waals surface area (Å²) in [4.78, 5) is 29.6. The fraction of sp³-hybridized carbons (Fsp3) is 0. The van der Waals surface area contributed by atoms with Gasteiger partial charge in [-0.2, -0.15) is 0 Å². The van der Waals surface area contributed by atoms with E-state index in [4.69, 9.17) is 20.3 Å². The van der Waals surface area contributed by atoms with Crippen LogP contribution in [0.2, 0.25) is 0 Å². The Morgan fingerprint density at radius 3 is 2.41 bits per heavy atom. The summed E-state index contributed by atoms with van der Waals surface area (Å²) >= 11 is 0. The number of H-pyrrole nitrogens is 1. The number of benzene rings is 3. The summed E-state index contributed by atoms with van der Waals surface area (Å²) in [7, 11) is 0. The summed E-state index contributed by atoms with van der Waals surface area (Å²) < 4.78 is 10.6. The number of aromatic carboxylic acids is 1. The first kappa shape index (κ1) is 18.1. The molecule has 4 aromatic rings. The number of nitrogens with zero attached hydrogens (tertiary/aromatic N) is 1. The minimum Gasteiger partial charge on any atom is -0.478 e. The van der Waals surface area contributed by atoms with Crippen LogP contribution in [0.4, 0.5) is 4.79 Å². The molecule has 0 saturated heterocycles. The highest BCUT2D eigenvalue weighted by atomic mass is 16.5. The summed E-state index contributed by atoms with van der Waals surface area (Å²) in [5.41, 5.74) is 7.41. The van der Waals surface area contributed by atoms with Crippen LogP contribution in [0.5, 0.6) is 17.2 Å². The van der Waals surface area contributed by atoms with Gasteiger partial charge < -0.3 is 25.3 Å². The van der Waals surface area contributed by atoms with Crippen molar-refractivity contribution in [3.05, 3.63) is 72.3 Å². The number of hydrogen-bond acceptors (Lipinski definition) is 5. The van der Waals surface area contributed by atoms with Crippen LogP contribution >= 0.6 is 0 Å². The van der Waals surface area contributed by atoms with Gasteiger partial charge in [0.2, 0.25) is 0 Å². The van der Waals surface area contributed by atoms with E-state index in [9.17, 15) is 9.59 Å². The topological polar surface area (TPSA) is 128 Å². The average molecular weight is 389 g/mol. The van der Waals surface area contributed by atoms with E-state index >= 15 is 0 Å². The Kier molecular flexibility index (Phi) is 4.58. The zero-order chi connectivity index (χ0) is 20.4. The summed E-state index contributed by atoms with van der Waals surface area (Å²) in [6.07, 6.45) is -0.885. The first-order valence-electron chi connectivity index (χ1n) is 8.57. The zero-order valence-corrected chi connectivity index (χ0v) is 15.0. The van der Waals surface area contributed by atoms with E-state index in [0.29, 0.717) is 28.6 Å². The first-order valence-corrected chi connectivity index (χ1v) is 8.57. The predicted molar refractivity (Wildman–Crippen MR) is 105 cm³/mol. The third-order valence-electron chi connectivity index (χ3n) is 4.12. The second kappa shape index (κ2) is 7.35. The highest BCUT2D eigenvalue weighted by molar-refractivity contribution is 5.88. The molecule has 0 spiro atoms. The molecule has 8 nitrogen and oxygen atoms in total. The van der Waals surface area contributed by atoms with Gasteiger partial charge in [-0.25, -0.2) is 14.6 Å². The molecule has 0 radical (unpaired) electrons. The van der Waals surface area contributed by atoms with E-state index in [1.54, 1.807) is 42.5 Å². The minimum atomic E-state index is -1.01. The maximum atomic E-state index is 11.1. The Morgan fingerprint density at radius 2 is 1.69 bits per heavy atom. The molecule has 1 amide bonds. The van der Waals surface area contributed by atoms with Crippen molar-refractivity contribution in [3.8, 4) is 28.6 Å². The molecule has 0 saturated carbocycles. The molecule has 3 aromatic carbocycles. The Balaban J connectivity index is 1.55. The number of rotatable bonds is 5. The van der Waals surface area contributed by atoms with Crippen molar-refractivity contribution in [3.63, 3.8) is 0 Å². The molecule has 0 atom stereocenters. The molecule has 4 N–H and O–H groups in total. The van der Waals surface area contributed by atoms with Gasteiger partial charge >= 0.3 is 12.1 Å². The number of carboxylic acid groups (broad SMARTS) is 1. The molecule has 0 aliphatic carbocycles. The van der Waals surface area contributed by atoms with Crippen LogP contribution < -0.4 is 15.2 Å². The SMILES string of the molecule is NC(=O)Oc1ccc2[nH]c(-c3ccc(Oc4cccc(C(=O)O)c4)cc3)nc2c1. The number of nitrogens with two attached hydrogens (primary N) is 1. The first-order chi connectivity index (χ1) is 14.0. The molecular weight excluding hydrogens is 374 g/mol. The molecule has 0 bridgehead atoms. The number of aromatic nitrogens is 2. The van der Waals surface area contributed by atoms with Gasteiger partial charge in [-0.05, 0) is 54.6 Å². The lowest BCUT2D eigenvalue weighted by Gasteiger charge is -2.07. The fourth-order valence-electron chi connectivity index (χ4n) is 2.81. The van der Waals surface area contributed by atoms with Crippen molar-refractivity contribution in [1.29, 1.82) is 0 Å². The molecule has 1 heterocycles. The van der Waals surface area contributed by atoms with Gasteiger partial charge in [-0.1, -0.05) is 6.07 Å². The van der Waals surface area contributed by atoms with Crippen molar-refractivity contribution >= 4 is 23.1 Å². The lowest BCUT2D eigenvalue weighted by molar-refractivity contribution is 0.0696. The van der Waals surface area contributed by atoms with Gasteiger partial charge in [-0.15, -0.1) is 0 Å². The Hall–Kier alpha value is -4.33. The van der Waals surface area contributed by atoms with Crippen LogP contribution in [0.1, 0.15) is 10.4 Å².